The summed E-state index contributed by atoms with van der Waals surface area (Å²) in [7, 11) is -1.16. The van der Waals surface area contributed by atoms with E-state index in [2.05, 4.69) is 34.6 Å². The second kappa shape index (κ2) is 35.3. The molecule has 0 saturated carbocycles. The fourth-order valence-electron chi connectivity index (χ4n) is 7.66. The molecule has 0 aromatic rings. The minimum absolute atomic E-state index is 0.988. The average molecular weight is 625 g/mol. The van der Waals surface area contributed by atoms with Gasteiger partial charge in [-0.2, -0.15) is 0 Å². The molecule has 0 bridgehead atoms. The molecule has 0 aliphatic carbocycles. The molecule has 0 unspecified atom stereocenters. The third kappa shape index (κ3) is 29.6. The molecule has 0 saturated heterocycles. The van der Waals surface area contributed by atoms with E-state index in [0.29, 0.717) is 0 Å². The number of hydrogen-bond donors (Lipinski definition) is 0. The second-order valence-electron chi connectivity index (χ2n) is 15.4. The molecule has 0 radical (unpaired) electrons. The van der Waals surface area contributed by atoms with Gasteiger partial charge >= 0.3 is 257 Å². The van der Waals surface area contributed by atoms with Gasteiger partial charge in [0.2, 0.25) is 0 Å². The summed E-state index contributed by atoms with van der Waals surface area (Å²) in [5, 5.41) is 0. The fourth-order valence-corrected chi connectivity index (χ4v) is 13.0. The Morgan fingerprint density at radius 2 is 0.419 bits per heavy atom. The van der Waals surface area contributed by atoms with Crippen molar-refractivity contribution in [1.82, 2.24) is 0 Å². The van der Waals surface area contributed by atoms with Crippen molar-refractivity contribution >= 4 is 7.26 Å². The molecule has 0 spiro atoms. The molecule has 0 aliphatic heterocycles. The summed E-state index contributed by atoms with van der Waals surface area (Å²) >= 11 is 0. The van der Waals surface area contributed by atoms with Crippen LogP contribution in [-0.2, 0) is 0 Å². The van der Waals surface area contributed by atoms with Gasteiger partial charge < -0.3 is 0 Å². The summed E-state index contributed by atoms with van der Waals surface area (Å²) in [6.07, 6.45) is 53.9. The van der Waals surface area contributed by atoms with Crippen molar-refractivity contribution in [2.24, 2.45) is 0 Å². The van der Waals surface area contributed by atoms with Gasteiger partial charge in [-0.3, -0.25) is 0 Å². The Morgan fingerprint density at radius 1 is 0.256 bits per heavy atom. The standard InChI is InChI=1S/C42H89P/c1-6-9-12-15-18-21-24-27-30-33-36-39-43(42(4)5,40-37-34-31-28-25-22-19-16-13-10-7-2)41-38-35-32-29-26-23-20-17-14-11-8-3/h42-43H,6-41H2,1-5H3. The SMILES string of the molecule is CCCCCCCCCCCCC[PH](CCCCCCCCCCCCC)(CCCCCCCCCCCCC)C(C)C. The van der Waals surface area contributed by atoms with Crippen molar-refractivity contribution in [3.8, 4) is 0 Å². The second-order valence-corrected chi connectivity index (χ2v) is 20.8. The zero-order valence-corrected chi connectivity index (χ0v) is 32.5. The molecule has 0 amide bonds. The Balaban J connectivity index is 4.37. The van der Waals surface area contributed by atoms with Crippen molar-refractivity contribution in [2.45, 2.75) is 252 Å². The normalized spacial score (nSPS) is 12.5. The van der Waals surface area contributed by atoms with E-state index in [-0.39, 0.29) is 0 Å². The minimum atomic E-state index is -1.16. The van der Waals surface area contributed by atoms with Crippen LogP contribution in [0.15, 0.2) is 0 Å². The first-order valence-corrected chi connectivity index (χ1v) is 23.8. The third-order valence-electron chi connectivity index (χ3n) is 11.1. The van der Waals surface area contributed by atoms with Crippen LogP contribution in [0.25, 0.3) is 0 Å². The van der Waals surface area contributed by atoms with Crippen molar-refractivity contribution in [1.29, 1.82) is 0 Å². The van der Waals surface area contributed by atoms with Crippen LogP contribution in [0.4, 0.5) is 0 Å². The number of rotatable bonds is 37. The molecule has 43 heavy (non-hydrogen) atoms. The molecule has 0 aliphatic rings. The van der Waals surface area contributed by atoms with Crippen molar-refractivity contribution in [2.75, 3.05) is 18.5 Å². The Labute approximate surface area is 277 Å². The summed E-state index contributed by atoms with van der Waals surface area (Å²) in [6, 6.07) is 0. The summed E-state index contributed by atoms with van der Waals surface area (Å²) < 4.78 is 0. The van der Waals surface area contributed by atoms with Crippen molar-refractivity contribution in [3.05, 3.63) is 0 Å². The Kier molecular flexibility index (Phi) is 35.6. The van der Waals surface area contributed by atoms with Crippen LogP contribution in [0.5, 0.6) is 0 Å². The summed E-state index contributed by atoms with van der Waals surface area (Å²) in [4.78, 5) is 0. The van der Waals surface area contributed by atoms with Gasteiger partial charge in [0.05, 0.1) is 0 Å². The van der Waals surface area contributed by atoms with Gasteiger partial charge in [-0.25, -0.2) is 0 Å². The molecule has 262 valence electrons. The molecule has 0 atom stereocenters. The van der Waals surface area contributed by atoms with Crippen LogP contribution in [0.1, 0.15) is 247 Å². The molecule has 0 N–H and O–H groups in total. The molecular formula is C42H89P. The number of hydrogen-bond acceptors (Lipinski definition) is 0. The monoisotopic (exact) mass is 625 g/mol. The zero-order valence-electron chi connectivity index (χ0n) is 31.5. The van der Waals surface area contributed by atoms with Gasteiger partial charge in [-0.15, -0.1) is 0 Å². The van der Waals surface area contributed by atoms with E-state index in [4.69, 9.17) is 0 Å². The maximum absolute atomic E-state index is 2.64. The van der Waals surface area contributed by atoms with Gasteiger partial charge in [0.1, 0.15) is 0 Å². The molecule has 1 heteroatoms. The first kappa shape index (κ1) is 43.4. The van der Waals surface area contributed by atoms with Crippen LogP contribution in [0.3, 0.4) is 0 Å². The van der Waals surface area contributed by atoms with Crippen LogP contribution < -0.4 is 0 Å². The summed E-state index contributed by atoms with van der Waals surface area (Å²) in [5.41, 5.74) is 0.988. The topological polar surface area (TPSA) is 0 Å². The van der Waals surface area contributed by atoms with Gasteiger partial charge in [-0.05, 0) is 0 Å². The fraction of sp³-hybridized carbons (Fsp3) is 1.00. The van der Waals surface area contributed by atoms with Crippen LogP contribution >= 0.6 is 7.26 Å². The van der Waals surface area contributed by atoms with Crippen molar-refractivity contribution < 1.29 is 0 Å². The Bertz CT molecular complexity index is 433. The van der Waals surface area contributed by atoms with Crippen LogP contribution in [0.2, 0.25) is 0 Å². The van der Waals surface area contributed by atoms with E-state index >= 15 is 0 Å². The predicted molar refractivity (Wildman–Crippen MR) is 207 cm³/mol. The van der Waals surface area contributed by atoms with Crippen LogP contribution in [0, 0.1) is 0 Å². The van der Waals surface area contributed by atoms with E-state index in [9.17, 15) is 0 Å². The van der Waals surface area contributed by atoms with E-state index in [1.807, 2.05) is 0 Å². The van der Waals surface area contributed by atoms with E-state index < -0.39 is 7.26 Å². The molecular weight excluding hydrogens is 535 g/mol. The van der Waals surface area contributed by atoms with Crippen molar-refractivity contribution in [3.63, 3.8) is 0 Å². The molecule has 0 rings (SSSR count). The first-order valence-electron chi connectivity index (χ1n) is 21.1. The zero-order chi connectivity index (χ0) is 31.5. The summed E-state index contributed by atoms with van der Waals surface area (Å²) in [5.74, 6) is 0. The Morgan fingerprint density at radius 3 is 0.581 bits per heavy atom. The van der Waals surface area contributed by atoms with E-state index in [0.717, 1.165) is 5.66 Å². The molecule has 0 fully saturated rings. The molecule has 0 aromatic carbocycles. The quantitative estimate of drug-likeness (QED) is 0.0476. The Hall–Kier alpha value is 0.430. The van der Waals surface area contributed by atoms with E-state index in [1.165, 1.54) is 193 Å². The molecule has 0 heterocycles. The molecule has 0 nitrogen and oxygen atoms in total. The first-order chi connectivity index (χ1) is 21.1. The maximum atomic E-state index is 2.64. The number of unbranched alkanes of at least 4 members (excludes halogenated alkanes) is 30. The predicted octanol–water partition coefficient (Wildman–Crippen LogP) is 16.1. The van der Waals surface area contributed by atoms with Crippen LogP contribution in [-0.4, -0.2) is 24.1 Å². The summed E-state index contributed by atoms with van der Waals surface area (Å²) in [6.45, 7) is 12.3. The van der Waals surface area contributed by atoms with Gasteiger partial charge in [0.15, 0.2) is 0 Å². The molecule has 0 aromatic heterocycles. The average Bonchev–Trinajstić information content (AvgIpc) is 3.00. The third-order valence-corrected chi connectivity index (χ3v) is 17.6. The van der Waals surface area contributed by atoms with Gasteiger partial charge in [-0.1, -0.05) is 20.8 Å². The van der Waals surface area contributed by atoms with Gasteiger partial charge in [0, 0.05) is 0 Å². The van der Waals surface area contributed by atoms with E-state index in [1.54, 1.807) is 37.7 Å². The van der Waals surface area contributed by atoms with Gasteiger partial charge in [0.25, 0.3) is 0 Å².